The molecule has 2 saturated heterocycles. The van der Waals surface area contributed by atoms with Crippen LogP contribution in [0.4, 0.5) is 0 Å². The van der Waals surface area contributed by atoms with Crippen molar-refractivity contribution in [3.05, 3.63) is 21.4 Å². The highest BCUT2D eigenvalue weighted by Gasteiger charge is 2.33. The predicted octanol–water partition coefficient (Wildman–Crippen LogP) is 3.37. The first-order valence-corrected chi connectivity index (χ1v) is 9.69. The summed E-state index contributed by atoms with van der Waals surface area (Å²) in [5.41, 5.74) is 2.40. The van der Waals surface area contributed by atoms with Gasteiger partial charge in [-0.3, -0.25) is 4.79 Å². The van der Waals surface area contributed by atoms with Crippen LogP contribution < -0.4 is 5.32 Å². The van der Waals surface area contributed by atoms with E-state index in [2.05, 4.69) is 22.5 Å². The molecule has 1 aliphatic carbocycles. The van der Waals surface area contributed by atoms with Crippen LogP contribution in [-0.2, 0) is 12.8 Å². The van der Waals surface area contributed by atoms with Crippen LogP contribution in [0.15, 0.2) is 5.38 Å². The van der Waals surface area contributed by atoms with E-state index >= 15 is 0 Å². The first kappa shape index (κ1) is 17.2. The number of hydrogen-bond acceptors (Lipinski definition) is 3. The third-order valence-corrected chi connectivity index (χ3v) is 6.99. The summed E-state index contributed by atoms with van der Waals surface area (Å²) in [4.78, 5) is 16.6. The van der Waals surface area contributed by atoms with E-state index in [1.54, 1.807) is 0 Å². The summed E-state index contributed by atoms with van der Waals surface area (Å²) >= 11 is 1.81. The van der Waals surface area contributed by atoms with Gasteiger partial charge in [0.05, 0.1) is 5.56 Å². The lowest BCUT2D eigenvalue weighted by Crippen LogP contribution is -2.33. The number of thiophene rings is 1. The molecule has 1 aromatic rings. The maximum Gasteiger partial charge on any atom is 0.254 e. The normalized spacial score (nSPS) is 30.1. The first-order chi connectivity index (χ1) is 10.7. The summed E-state index contributed by atoms with van der Waals surface area (Å²) in [6, 6.07) is 0. The molecular weight excluding hydrogens is 328 g/mol. The Hall–Kier alpha value is -0.580. The van der Waals surface area contributed by atoms with Crippen LogP contribution in [0.25, 0.3) is 0 Å². The Balaban J connectivity index is 0.00000156. The Labute approximate surface area is 149 Å². The fourth-order valence-corrected chi connectivity index (χ4v) is 5.69. The van der Waals surface area contributed by atoms with Gasteiger partial charge < -0.3 is 10.2 Å². The molecule has 1 unspecified atom stereocenters. The average molecular weight is 355 g/mol. The van der Waals surface area contributed by atoms with Crippen LogP contribution in [0.2, 0.25) is 0 Å². The molecule has 2 fully saturated rings. The number of carbonyl (C=O) groups excluding carboxylic acids is 1. The van der Waals surface area contributed by atoms with Crippen LogP contribution in [0.5, 0.6) is 0 Å². The molecule has 1 aromatic heterocycles. The lowest BCUT2D eigenvalue weighted by molar-refractivity contribution is 0.0757. The van der Waals surface area contributed by atoms with E-state index in [1.807, 2.05) is 11.3 Å². The molecule has 128 valence electrons. The zero-order chi connectivity index (χ0) is 15.1. The van der Waals surface area contributed by atoms with E-state index in [4.69, 9.17) is 0 Å². The Morgan fingerprint density at radius 3 is 2.61 bits per heavy atom. The molecule has 1 N–H and O–H groups in total. The monoisotopic (exact) mass is 354 g/mol. The van der Waals surface area contributed by atoms with Gasteiger partial charge in [-0.15, -0.1) is 23.7 Å². The third-order valence-electron chi connectivity index (χ3n) is 5.94. The lowest BCUT2D eigenvalue weighted by Gasteiger charge is -2.23. The Bertz CT molecular complexity index is 559. The quantitative estimate of drug-likeness (QED) is 0.838. The standard InChI is InChI=1S/C18H26N2OS.ClH/c1-12-2-3-15-16(11-22-17(15)8-12)18(21)20-6-4-13-9-19-10-14(13)5-7-20;/h11-14,19H,2-10H2,1H3;1H/t12?,13-,14+;. The summed E-state index contributed by atoms with van der Waals surface area (Å²) in [5, 5.41) is 5.64. The van der Waals surface area contributed by atoms with Gasteiger partial charge in [0.1, 0.15) is 0 Å². The fraction of sp³-hybridized carbons (Fsp3) is 0.722. The predicted molar refractivity (Wildman–Crippen MR) is 97.7 cm³/mol. The Morgan fingerprint density at radius 1 is 1.22 bits per heavy atom. The Kier molecular flexibility index (Phi) is 5.34. The summed E-state index contributed by atoms with van der Waals surface area (Å²) in [7, 11) is 0. The summed E-state index contributed by atoms with van der Waals surface area (Å²) < 4.78 is 0. The zero-order valence-corrected chi connectivity index (χ0v) is 15.5. The number of likely N-dealkylation sites (tertiary alicyclic amines) is 1. The van der Waals surface area contributed by atoms with Crippen LogP contribution in [0.1, 0.15) is 47.0 Å². The molecule has 23 heavy (non-hydrogen) atoms. The van der Waals surface area contributed by atoms with Crippen molar-refractivity contribution in [1.29, 1.82) is 0 Å². The fourth-order valence-electron chi connectivity index (χ4n) is 4.45. The molecule has 3 nitrogen and oxygen atoms in total. The maximum absolute atomic E-state index is 13.0. The van der Waals surface area contributed by atoms with Crippen LogP contribution in [0.3, 0.4) is 0 Å². The second kappa shape index (κ2) is 7.12. The SMILES string of the molecule is CC1CCc2c(C(=O)N3CC[C@@H]4CNC[C@@H]4CC3)csc2C1.Cl. The molecule has 0 aromatic carbocycles. The number of amides is 1. The minimum absolute atomic E-state index is 0. The van der Waals surface area contributed by atoms with Crippen molar-refractivity contribution in [3.8, 4) is 0 Å². The van der Waals surface area contributed by atoms with Gasteiger partial charge in [0.2, 0.25) is 0 Å². The van der Waals surface area contributed by atoms with Gasteiger partial charge in [0, 0.05) is 23.3 Å². The van der Waals surface area contributed by atoms with Gasteiger partial charge in [-0.25, -0.2) is 0 Å². The highest BCUT2D eigenvalue weighted by atomic mass is 35.5. The van der Waals surface area contributed by atoms with Crippen LogP contribution in [0, 0.1) is 17.8 Å². The largest absolute Gasteiger partial charge is 0.339 e. The van der Waals surface area contributed by atoms with Gasteiger partial charge in [-0.2, -0.15) is 0 Å². The van der Waals surface area contributed by atoms with Gasteiger partial charge >= 0.3 is 0 Å². The lowest BCUT2D eigenvalue weighted by atomic mass is 9.88. The highest BCUT2D eigenvalue weighted by molar-refractivity contribution is 7.10. The van der Waals surface area contributed by atoms with Crippen molar-refractivity contribution in [3.63, 3.8) is 0 Å². The van der Waals surface area contributed by atoms with Gasteiger partial charge in [0.25, 0.3) is 5.91 Å². The van der Waals surface area contributed by atoms with Crippen molar-refractivity contribution in [1.82, 2.24) is 10.2 Å². The second-order valence-electron chi connectivity index (χ2n) is 7.45. The molecule has 0 saturated carbocycles. The number of halogens is 1. The molecule has 0 bridgehead atoms. The molecule has 4 rings (SSSR count). The molecule has 1 amide bonds. The Morgan fingerprint density at radius 2 is 1.91 bits per heavy atom. The molecule has 0 spiro atoms. The van der Waals surface area contributed by atoms with Crippen molar-refractivity contribution in [2.75, 3.05) is 26.2 Å². The number of carbonyl (C=O) groups is 1. The topological polar surface area (TPSA) is 32.3 Å². The number of nitrogens with zero attached hydrogens (tertiary/aromatic N) is 1. The molecule has 3 aliphatic rings. The van der Waals surface area contributed by atoms with Crippen molar-refractivity contribution >= 4 is 29.7 Å². The van der Waals surface area contributed by atoms with Gasteiger partial charge in [-0.05, 0) is 68.5 Å². The smallest absolute Gasteiger partial charge is 0.254 e. The van der Waals surface area contributed by atoms with Crippen LogP contribution in [-0.4, -0.2) is 37.0 Å². The number of hydrogen-bond donors (Lipinski definition) is 1. The van der Waals surface area contributed by atoms with E-state index in [-0.39, 0.29) is 12.4 Å². The summed E-state index contributed by atoms with van der Waals surface area (Å²) in [5.74, 6) is 2.66. The molecule has 5 heteroatoms. The molecular formula is C18H27ClN2OS. The number of rotatable bonds is 1. The van der Waals surface area contributed by atoms with Gasteiger partial charge in [0.15, 0.2) is 0 Å². The van der Waals surface area contributed by atoms with Crippen molar-refractivity contribution < 1.29 is 4.79 Å². The number of nitrogens with one attached hydrogen (secondary N) is 1. The number of fused-ring (bicyclic) bond motifs is 2. The second-order valence-corrected chi connectivity index (χ2v) is 8.41. The van der Waals surface area contributed by atoms with Crippen molar-refractivity contribution in [2.45, 2.75) is 39.0 Å². The zero-order valence-electron chi connectivity index (χ0n) is 13.8. The molecule has 3 atom stereocenters. The minimum atomic E-state index is 0. The third kappa shape index (κ3) is 3.31. The van der Waals surface area contributed by atoms with Crippen molar-refractivity contribution in [2.24, 2.45) is 17.8 Å². The summed E-state index contributed by atoms with van der Waals surface area (Å²) in [6.07, 6.45) is 5.85. The average Bonchev–Trinajstić information content (AvgIpc) is 3.08. The van der Waals surface area contributed by atoms with E-state index in [9.17, 15) is 4.79 Å². The van der Waals surface area contributed by atoms with Crippen LogP contribution >= 0.6 is 23.7 Å². The van der Waals surface area contributed by atoms with Gasteiger partial charge in [-0.1, -0.05) is 6.92 Å². The van der Waals surface area contributed by atoms with E-state index in [0.29, 0.717) is 5.91 Å². The maximum atomic E-state index is 13.0. The minimum Gasteiger partial charge on any atom is -0.339 e. The summed E-state index contributed by atoms with van der Waals surface area (Å²) in [6.45, 7) is 6.52. The molecule has 2 aliphatic heterocycles. The van der Waals surface area contributed by atoms with E-state index < -0.39 is 0 Å². The van der Waals surface area contributed by atoms with E-state index in [1.165, 1.54) is 36.1 Å². The first-order valence-electron chi connectivity index (χ1n) is 8.81. The molecule has 3 heterocycles. The molecule has 0 radical (unpaired) electrons. The van der Waals surface area contributed by atoms with E-state index in [0.717, 1.165) is 55.9 Å². The highest BCUT2D eigenvalue weighted by Crippen LogP contribution is 2.34.